The number of rotatable bonds is 6. The first-order valence-corrected chi connectivity index (χ1v) is 16.0. The minimum absolute atomic E-state index is 0.0460. The number of aliphatic hydroxyl groups is 2. The predicted molar refractivity (Wildman–Crippen MR) is 168 cm³/mol. The minimum atomic E-state index is -1.50. The molecule has 2 fully saturated rings. The Hall–Kier alpha value is -3.02. The van der Waals surface area contributed by atoms with Gasteiger partial charge >= 0.3 is 12.1 Å². The molecule has 2 heterocycles. The van der Waals surface area contributed by atoms with Crippen LogP contribution >= 0.6 is 0 Å². The van der Waals surface area contributed by atoms with Gasteiger partial charge in [0.15, 0.2) is 6.10 Å². The van der Waals surface area contributed by atoms with Crippen molar-refractivity contribution in [2.45, 2.75) is 77.6 Å². The van der Waals surface area contributed by atoms with E-state index in [2.05, 4.69) is 10.2 Å². The Kier molecular flexibility index (Phi) is 13.2. The molecule has 2 saturated heterocycles. The number of nitrogens with one attached hydrogen (secondary N) is 1. The molecule has 44 heavy (non-hydrogen) atoms. The summed E-state index contributed by atoms with van der Waals surface area (Å²) in [6, 6.07) is -0.0545. The van der Waals surface area contributed by atoms with Gasteiger partial charge in [0.25, 0.3) is 0 Å². The third-order valence-corrected chi connectivity index (χ3v) is 8.94. The fourth-order valence-corrected chi connectivity index (χ4v) is 5.83. The highest BCUT2D eigenvalue weighted by atomic mass is 16.6. The van der Waals surface area contributed by atoms with E-state index in [9.17, 15) is 29.4 Å². The molecule has 0 bridgehead atoms. The van der Waals surface area contributed by atoms with E-state index in [1.54, 1.807) is 43.9 Å². The molecular formula is C33H52N4O7. The smallest absolute Gasteiger partial charge is 0.410 e. The number of ketones is 2. The maximum absolute atomic E-state index is 13.4. The first kappa shape index (κ1) is 35.5. The summed E-state index contributed by atoms with van der Waals surface area (Å²) in [4.78, 5) is 57.2. The predicted octanol–water partition coefficient (Wildman–Crippen LogP) is 2.93. The van der Waals surface area contributed by atoms with E-state index in [4.69, 9.17) is 4.74 Å². The van der Waals surface area contributed by atoms with E-state index in [0.717, 1.165) is 39.0 Å². The number of hydrogen-bond acceptors (Lipinski definition) is 8. The van der Waals surface area contributed by atoms with Crippen LogP contribution in [0.1, 0.15) is 59.8 Å². The number of ether oxygens (including phenoxy) is 1. The third-order valence-electron chi connectivity index (χ3n) is 8.94. The first-order valence-electron chi connectivity index (χ1n) is 16.0. The highest BCUT2D eigenvalue weighted by Crippen LogP contribution is 2.29. The Labute approximate surface area is 262 Å². The van der Waals surface area contributed by atoms with Gasteiger partial charge in [-0.05, 0) is 64.5 Å². The molecule has 11 nitrogen and oxygen atoms in total. The standard InChI is InChI=1S/C33H52N4O7/c1-23(22-34-31(41)36-15-6-7-16-36)9-8-10-24(2)29-25(3)11-12-28(44-32(42)37-19-17-35(5)18-20-37)33(4,43)14-13-26(38)21-27(39)30(29)40/h8-12,23,25-26,28-29,38,43H,6-7,13-22H2,1-5H3,(H,34,41)/b9-8+,12-11+,24-10+/t23-,25+,26+,28+,29-,33+/m1/s1. The van der Waals surface area contributed by atoms with Gasteiger partial charge in [-0.15, -0.1) is 0 Å². The number of likely N-dealkylation sites (tertiary alicyclic amines) is 1. The molecule has 246 valence electrons. The fraction of sp³-hybridized carbons (Fsp3) is 0.697. The first-order chi connectivity index (χ1) is 20.8. The molecule has 3 amide bonds. The summed E-state index contributed by atoms with van der Waals surface area (Å²) in [5.74, 6) is -2.47. The maximum Gasteiger partial charge on any atom is 0.410 e. The van der Waals surface area contributed by atoms with Gasteiger partial charge in [0.2, 0.25) is 11.6 Å². The summed E-state index contributed by atoms with van der Waals surface area (Å²) in [5, 5.41) is 24.9. The molecule has 0 spiro atoms. The lowest BCUT2D eigenvalue weighted by molar-refractivity contribution is -0.140. The van der Waals surface area contributed by atoms with Crippen molar-refractivity contribution in [3.8, 4) is 0 Å². The second-order valence-corrected chi connectivity index (χ2v) is 13.0. The van der Waals surface area contributed by atoms with E-state index in [1.807, 2.05) is 31.0 Å². The quantitative estimate of drug-likeness (QED) is 0.235. The maximum atomic E-state index is 13.4. The summed E-state index contributed by atoms with van der Waals surface area (Å²) in [7, 11) is 1.99. The molecule has 0 aromatic heterocycles. The lowest BCUT2D eigenvalue weighted by Crippen LogP contribution is -2.50. The van der Waals surface area contributed by atoms with Crippen LogP contribution in [0.15, 0.2) is 36.0 Å². The number of hydrogen-bond donors (Lipinski definition) is 3. The van der Waals surface area contributed by atoms with Gasteiger partial charge in [0, 0.05) is 52.2 Å². The van der Waals surface area contributed by atoms with Crippen molar-refractivity contribution in [2.75, 3.05) is 52.9 Å². The highest BCUT2D eigenvalue weighted by molar-refractivity contribution is 6.38. The normalized spacial score (nSPS) is 31.4. The Balaban J connectivity index is 1.76. The summed E-state index contributed by atoms with van der Waals surface area (Å²) < 4.78 is 5.82. The molecule has 0 saturated carbocycles. The summed E-state index contributed by atoms with van der Waals surface area (Å²) in [6.45, 7) is 11.6. The third kappa shape index (κ3) is 10.3. The number of carbonyl (C=O) groups excluding carboxylic acids is 4. The molecule has 6 atom stereocenters. The van der Waals surface area contributed by atoms with E-state index >= 15 is 0 Å². The number of carbonyl (C=O) groups is 4. The van der Waals surface area contributed by atoms with Crippen molar-refractivity contribution in [3.63, 3.8) is 0 Å². The Bertz CT molecular complexity index is 1100. The van der Waals surface area contributed by atoms with Crippen LogP contribution in [0, 0.1) is 17.8 Å². The largest absolute Gasteiger partial charge is 0.439 e. The van der Waals surface area contributed by atoms with Gasteiger partial charge in [-0.25, -0.2) is 9.59 Å². The van der Waals surface area contributed by atoms with Gasteiger partial charge in [-0.2, -0.15) is 0 Å². The molecular weight excluding hydrogens is 564 g/mol. The Morgan fingerprint density at radius 2 is 1.77 bits per heavy atom. The Morgan fingerprint density at radius 1 is 1.11 bits per heavy atom. The van der Waals surface area contributed by atoms with E-state index in [0.29, 0.717) is 25.2 Å². The zero-order valence-corrected chi connectivity index (χ0v) is 27.0. The highest BCUT2D eigenvalue weighted by Gasteiger charge is 2.38. The van der Waals surface area contributed by atoms with Crippen LogP contribution in [-0.2, 0) is 14.3 Å². The zero-order chi connectivity index (χ0) is 32.4. The summed E-state index contributed by atoms with van der Waals surface area (Å²) >= 11 is 0. The summed E-state index contributed by atoms with van der Waals surface area (Å²) in [5.41, 5.74) is -0.843. The van der Waals surface area contributed by atoms with Crippen LogP contribution in [0.4, 0.5) is 9.59 Å². The minimum Gasteiger partial charge on any atom is -0.439 e. The van der Waals surface area contributed by atoms with Crippen molar-refractivity contribution in [1.29, 1.82) is 0 Å². The van der Waals surface area contributed by atoms with Crippen LogP contribution in [0.25, 0.3) is 0 Å². The number of nitrogens with zero attached hydrogens (tertiary/aromatic N) is 3. The van der Waals surface area contributed by atoms with Crippen LogP contribution in [0.3, 0.4) is 0 Å². The van der Waals surface area contributed by atoms with Crippen molar-refractivity contribution in [1.82, 2.24) is 20.0 Å². The van der Waals surface area contributed by atoms with Crippen LogP contribution in [-0.4, -0.2) is 119 Å². The monoisotopic (exact) mass is 616 g/mol. The van der Waals surface area contributed by atoms with Gasteiger partial charge in [0.05, 0.1) is 12.0 Å². The molecule has 11 heteroatoms. The molecule has 0 aromatic carbocycles. The van der Waals surface area contributed by atoms with Crippen molar-refractivity contribution >= 4 is 23.7 Å². The van der Waals surface area contributed by atoms with E-state index in [-0.39, 0.29) is 31.2 Å². The number of amides is 3. The zero-order valence-electron chi connectivity index (χ0n) is 27.0. The molecule has 3 N–H and O–H groups in total. The average Bonchev–Trinajstić information content (AvgIpc) is 3.52. The van der Waals surface area contributed by atoms with E-state index < -0.39 is 47.3 Å². The molecule has 3 rings (SSSR count). The van der Waals surface area contributed by atoms with Crippen LogP contribution in [0.5, 0.6) is 0 Å². The average molecular weight is 617 g/mol. The molecule has 1 aliphatic carbocycles. The van der Waals surface area contributed by atoms with Gasteiger partial charge < -0.3 is 35.0 Å². The number of likely N-dealkylation sites (N-methyl/N-ethyl adjacent to an activating group) is 1. The summed E-state index contributed by atoms with van der Waals surface area (Å²) in [6.07, 6.45) is 8.07. The SMILES string of the molecule is C/C(=C\C=C\[C@@H](C)CNC(=O)N1CCCC1)[C@H]1C(=O)C(=O)C[C@@H](O)CC[C@](C)(O)[C@@H](OC(=O)N2CCN(C)CC2)/C=C/[C@@H]1C. The molecule has 3 aliphatic rings. The fourth-order valence-electron chi connectivity index (χ4n) is 5.83. The van der Waals surface area contributed by atoms with Crippen molar-refractivity contribution in [3.05, 3.63) is 36.0 Å². The molecule has 0 aromatic rings. The van der Waals surface area contributed by atoms with Crippen molar-refractivity contribution < 1.29 is 34.1 Å². The Morgan fingerprint density at radius 3 is 2.43 bits per heavy atom. The van der Waals surface area contributed by atoms with Gasteiger partial charge in [0.1, 0.15) is 5.60 Å². The van der Waals surface area contributed by atoms with Crippen LogP contribution < -0.4 is 5.32 Å². The number of piperazine rings is 1. The molecule has 2 aliphatic heterocycles. The lowest BCUT2D eigenvalue weighted by atomic mass is 9.79. The van der Waals surface area contributed by atoms with Gasteiger partial charge in [-0.1, -0.05) is 43.7 Å². The molecule has 0 unspecified atom stereocenters. The topological polar surface area (TPSA) is 140 Å². The second-order valence-electron chi connectivity index (χ2n) is 13.0. The lowest BCUT2D eigenvalue weighted by Gasteiger charge is -2.36. The van der Waals surface area contributed by atoms with Gasteiger partial charge in [-0.3, -0.25) is 9.59 Å². The number of allylic oxidation sites excluding steroid dienone is 4. The molecule has 0 radical (unpaired) electrons. The number of aliphatic hydroxyl groups excluding tert-OH is 1. The van der Waals surface area contributed by atoms with Crippen molar-refractivity contribution in [2.24, 2.45) is 17.8 Å². The second kappa shape index (κ2) is 16.3. The number of urea groups is 1. The van der Waals surface area contributed by atoms with Crippen LogP contribution in [0.2, 0.25) is 0 Å². The van der Waals surface area contributed by atoms with E-state index in [1.165, 1.54) is 0 Å². The number of Topliss-reactive ketones (excluding diaryl/α,β-unsaturated/α-hetero) is 2.